The van der Waals surface area contributed by atoms with Crippen LogP contribution >= 0.6 is 0 Å². The topological polar surface area (TPSA) is 46.2 Å². The molecular formula is C9H11NO2S. The Bertz CT molecular complexity index is 425. The molecule has 2 rings (SSSR count). The number of benzene rings is 1. The molecule has 1 aromatic carbocycles. The fourth-order valence-electron chi connectivity index (χ4n) is 1.69. The predicted octanol–water partition coefficient (Wildman–Crippen LogP) is 0.734. The van der Waals surface area contributed by atoms with Gasteiger partial charge in [0.1, 0.15) is 0 Å². The van der Waals surface area contributed by atoms with Crippen LogP contribution < -0.4 is 5.32 Å². The van der Waals surface area contributed by atoms with Gasteiger partial charge in [0.25, 0.3) is 0 Å². The minimum absolute atomic E-state index is 0.0406. The van der Waals surface area contributed by atoms with Crippen molar-refractivity contribution < 1.29 is 8.42 Å². The van der Waals surface area contributed by atoms with Crippen LogP contribution in [-0.4, -0.2) is 21.2 Å². The van der Waals surface area contributed by atoms with Crippen LogP contribution in [0.5, 0.6) is 0 Å². The fourth-order valence-corrected chi connectivity index (χ4v) is 3.51. The van der Waals surface area contributed by atoms with Crippen molar-refractivity contribution in [2.75, 3.05) is 12.8 Å². The molecule has 0 fully saturated rings. The van der Waals surface area contributed by atoms with E-state index in [1.165, 1.54) is 0 Å². The number of rotatable bonds is 1. The average molecular weight is 197 g/mol. The van der Waals surface area contributed by atoms with Gasteiger partial charge in [-0.05, 0) is 18.7 Å². The van der Waals surface area contributed by atoms with E-state index in [2.05, 4.69) is 5.32 Å². The molecule has 1 unspecified atom stereocenters. The molecule has 1 aromatic rings. The molecule has 1 N–H and O–H groups in total. The van der Waals surface area contributed by atoms with Crippen LogP contribution in [0.1, 0.15) is 11.6 Å². The Hall–Kier alpha value is -0.870. The zero-order valence-electron chi connectivity index (χ0n) is 7.32. The lowest BCUT2D eigenvalue weighted by molar-refractivity contribution is 0.591. The van der Waals surface area contributed by atoms with E-state index in [1.54, 1.807) is 19.2 Å². The summed E-state index contributed by atoms with van der Waals surface area (Å²) in [6.45, 7) is 0. The van der Waals surface area contributed by atoms with E-state index in [-0.39, 0.29) is 11.8 Å². The molecule has 0 radical (unpaired) electrons. The van der Waals surface area contributed by atoms with Crippen molar-refractivity contribution in [1.82, 2.24) is 5.32 Å². The molecule has 0 spiro atoms. The van der Waals surface area contributed by atoms with Gasteiger partial charge in [-0.25, -0.2) is 8.42 Å². The van der Waals surface area contributed by atoms with Crippen molar-refractivity contribution in [2.24, 2.45) is 0 Å². The van der Waals surface area contributed by atoms with Gasteiger partial charge in [0, 0.05) is 6.04 Å². The number of fused-ring (bicyclic) bond motifs is 1. The van der Waals surface area contributed by atoms with Crippen LogP contribution in [0, 0.1) is 0 Å². The summed E-state index contributed by atoms with van der Waals surface area (Å²) >= 11 is 0. The highest BCUT2D eigenvalue weighted by atomic mass is 32.2. The maximum Gasteiger partial charge on any atom is 0.180 e. The SMILES string of the molecule is CNC1CS(=O)(=O)c2ccccc21. The molecule has 1 aliphatic heterocycles. The van der Waals surface area contributed by atoms with Crippen LogP contribution in [-0.2, 0) is 9.84 Å². The molecule has 70 valence electrons. The Balaban J connectivity index is 2.64. The van der Waals surface area contributed by atoms with E-state index < -0.39 is 9.84 Å². The molecule has 0 saturated heterocycles. The lowest BCUT2D eigenvalue weighted by Crippen LogP contribution is -2.17. The van der Waals surface area contributed by atoms with E-state index in [0.717, 1.165) is 5.56 Å². The third kappa shape index (κ3) is 1.26. The molecule has 0 saturated carbocycles. The fraction of sp³-hybridized carbons (Fsp3) is 0.333. The number of nitrogens with one attached hydrogen (secondary N) is 1. The molecule has 13 heavy (non-hydrogen) atoms. The monoisotopic (exact) mass is 197 g/mol. The minimum Gasteiger partial charge on any atom is -0.312 e. The summed E-state index contributed by atoms with van der Waals surface area (Å²) in [7, 11) is -1.25. The Morgan fingerprint density at radius 1 is 1.38 bits per heavy atom. The third-order valence-corrected chi connectivity index (χ3v) is 4.18. The Kier molecular flexibility index (Phi) is 1.89. The first kappa shape index (κ1) is 8.72. The maximum atomic E-state index is 11.6. The van der Waals surface area contributed by atoms with Crippen LogP contribution in [0.15, 0.2) is 29.2 Å². The van der Waals surface area contributed by atoms with Crippen LogP contribution in [0.25, 0.3) is 0 Å². The number of hydrogen-bond donors (Lipinski definition) is 1. The second kappa shape index (κ2) is 2.82. The van der Waals surface area contributed by atoms with E-state index in [4.69, 9.17) is 0 Å². The minimum atomic E-state index is -3.03. The van der Waals surface area contributed by atoms with E-state index >= 15 is 0 Å². The number of sulfone groups is 1. The molecule has 1 heterocycles. The summed E-state index contributed by atoms with van der Waals surface area (Å²) in [5, 5.41) is 3.00. The van der Waals surface area contributed by atoms with Gasteiger partial charge < -0.3 is 5.32 Å². The highest BCUT2D eigenvalue weighted by molar-refractivity contribution is 7.91. The predicted molar refractivity (Wildman–Crippen MR) is 50.3 cm³/mol. The molecule has 1 aliphatic rings. The zero-order valence-corrected chi connectivity index (χ0v) is 8.14. The lowest BCUT2D eigenvalue weighted by atomic mass is 10.1. The second-order valence-electron chi connectivity index (χ2n) is 3.16. The summed E-state index contributed by atoms with van der Waals surface area (Å²) in [5.74, 6) is 0.183. The van der Waals surface area contributed by atoms with Crippen LogP contribution in [0.3, 0.4) is 0 Å². The second-order valence-corrected chi connectivity index (χ2v) is 5.16. The summed E-state index contributed by atoms with van der Waals surface area (Å²) in [5.41, 5.74) is 0.894. The lowest BCUT2D eigenvalue weighted by Gasteiger charge is -2.06. The van der Waals surface area contributed by atoms with E-state index in [1.807, 2.05) is 12.1 Å². The summed E-state index contributed by atoms with van der Waals surface area (Å²) in [6, 6.07) is 7.11. The van der Waals surface area contributed by atoms with Gasteiger partial charge in [-0.3, -0.25) is 0 Å². The van der Waals surface area contributed by atoms with E-state index in [9.17, 15) is 8.42 Å². The van der Waals surface area contributed by atoms with Gasteiger partial charge in [0.05, 0.1) is 10.6 Å². The Labute approximate surface area is 77.7 Å². The smallest absolute Gasteiger partial charge is 0.180 e. The van der Waals surface area contributed by atoms with Crippen LogP contribution in [0.4, 0.5) is 0 Å². The summed E-state index contributed by atoms with van der Waals surface area (Å²) in [4.78, 5) is 0.481. The first-order chi connectivity index (χ1) is 6.15. The molecule has 4 heteroatoms. The van der Waals surface area contributed by atoms with Gasteiger partial charge in [0.15, 0.2) is 9.84 Å². The third-order valence-electron chi connectivity index (χ3n) is 2.36. The van der Waals surface area contributed by atoms with Crippen molar-refractivity contribution >= 4 is 9.84 Å². The highest BCUT2D eigenvalue weighted by Crippen LogP contribution is 2.32. The largest absolute Gasteiger partial charge is 0.312 e. The highest BCUT2D eigenvalue weighted by Gasteiger charge is 2.32. The standard InChI is InChI=1S/C9H11NO2S/c1-10-8-6-13(11,12)9-5-3-2-4-7(8)9/h2-5,8,10H,6H2,1H3. The van der Waals surface area contributed by atoms with Crippen molar-refractivity contribution in [3.63, 3.8) is 0 Å². The Morgan fingerprint density at radius 3 is 2.77 bits per heavy atom. The zero-order chi connectivity index (χ0) is 9.47. The molecule has 0 aromatic heterocycles. The van der Waals surface area contributed by atoms with Gasteiger partial charge in [-0.2, -0.15) is 0 Å². The van der Waals surface area contributed by atoms with E-state index in [0.29, 0.717) is 4.90 Å². The summed E-state index contributed by atoms with van der Waals surface area (Å²) in [6.07, 6.45) is 0. The van der Waals surface area contributed by atoms with Crippen molar-refractivity contribution in [1.29, 1.82) is 0 Å². The first-order valence-corrected chi connectivity index (χ1v) is 5.79. The van der Waals surface area contributed by atoms with Crippen LogP contribution in [0.2, 0.25) is 0 Å². The Morgan fingerprint density at radius 2 is 2.08 bits per heavy atom. The average Bonchev–Trinajstić information content (AvgIpc) is 2.39. The maximum absolute atomic E-state index is 11.6. The van der Waals surface area contributed by atoms with Gasteiger partial charge in [0.2, 0.25) is 0 Å². The molecular weight excluding hydrogens is 186 g/mol. The van der Waals surface area contributed by atoms with Gasteiger partial charge in [-0.1, -0.05) is 18.2 Å². The normalized spacial score (nSPS) is 24.2. The summed E-state index contributed by atoms with van der Waals surface area (Å²) < 4.78 is 23.2. The molecule has 1 atom stereocenters. The quantitative estimate of drug-likeness (QED) is 0.722. The first-order valence-electron chi connectivity index (χ1n) is 4.14. The van der Waals surface area contributed by atoms with Crippen molar-refractivity contribution in [3.05, 3.63) is 29.8 Å². The van der Waals surface area contributed by atoms with Gasteiger partial charge in [-0.15, -0.1) is 0 Å². The molecule has 0 aliphatic carbocycles. The van der Waals surface area contributed by atoms with Crippen molar-refractivity contribution in [3.8, 4) is 0 Å². The molecule has 3 nitrogen and oxygen atoms in total. The van der Waals surface area contributed by atoms with Gasteiger partial charge >= 0.3 is 0 Å². The molecule has 0 amide bonds. The van der Waals surface area contributed by atoms with Crippen molar-refractivity contribution in [2.45, 2.75) is 10.9 Å². The number of hydrogen-bond acceptors (Lipinski definition) is 3. The molecule has 0 bridgehead atoms.